The lowest BCUT2D eigenvalue weighted by Crippen LogP contribution is -2.46. The van der Waals surface area contributed by atoms with Crippen LogP contribution in [0.1, 0.15) is 30.4 Å². The fraction of sp³-hybridized carbons (Fsp3) is 0.391. The van der Waals surface area contributed by atoms with Gasteiger partial charge in [-0.15, -0.1) is 0 Å². The minimum atomic E-state index is 0.0344. The summed E-state index contributed by atoms with van der Waals surface area (Å²) in [6.45, 7) is 4.22. The van der Waals surface area contributed by atoms with Crippen LogP contribution in [0.15, 0.2) is 48.5 Å². The minimum Gasteiger partial charge on any atom is -0.467 e. The van der Waals surface area contributed by atoms with Crippen LogP contribution in [0.4, 0.5) is 4.79 Å². The minimum absolute atomic E-state index is 0.0344. The summed E-state index contributed by atoms with van der Waals surface area (Å²) in [4.78, 5) is 18.9. The highest BCUT2D eigenvalue weighted by atomic mass is 32.1. The van der Waals surface area contributed by atoms with E-state index in [2.05, 4.69) is 59.7 Å². The molecule has 0 spiro atoms. The number of piperidine rings is 1. The summed E-state index contributed by atoms with van der Waals surface area (Å²) in [5.41, 5.74) is 3.51. The third-order valence-corrected chi connectivity index (χ3v) is 6.27. The van der Waals surface area contributed by atoms with Gasteiger partial charge in [0.2, 0.25) is 0 Å². The Labute approximate surface area is 175 Å². The van der Waals surface area contributed by atoms with Gasteiger partial charge in [0.15, 0.2) is 0 Å². The number of hydrogen-bond acceptors (Lipinski definition) is 4. The van der Waals surface area contributed by atoms with Crippen LogP contribution in [-0.4, -0.2) is 41.7 Å². The predicted octanol–water partition coefficient (Wildman–Crippen LogP) is 4.79. The van der Waals surface area contributed by atoms with Crippen LogP contribution >= 0.6 is 11.3 Å². The number of nitrogens with one attached hydrogen (secondary N) is 1. The summed E-state index contributed by atoms with van der Waals surface area (Å²) >= 11 is 1.60. The first-order valence-electron chi connectivity index (χ1n) is 10.3. The van der Waals surface area contributed by atoms with Crippen molar-refractivity contribution >= 4 is 27.6 Å². The van der Waals surface area contributed by atoms with E-state index in [4.69, 9.17) is 4.74 Å². The first-order valence-corrected chi connectivity index (χ1v) is 11.1. The van der Waals surface area contributed by atoms with Crippen molar-refractivity contribution in [3.63, 3.8) is 0 Å². The molecule has 1 aromatic heterocycles. The summed E-state index contributed by atoms with van der Waals surface area (Å²) in [6, 6.07) is 16.6. The number of aromatic nitrogens is 1. The number of carbonyl (C=O) groups excluding carboxylic acids is 1. The Morgan fingerprint density at radius 1 is 1.17 bits per heavy atom. The molecule has 0 aliphatic carbocycles. The topological polar surface area (TPSA) is 54.5 Å². The van der Waals surface area contributed by atoms with E-state index < -0.39 is 0 Å². The van der Waals surface area contributed by atoms with Gasteiger partial charge in [-0.05, 0) is 37.0 Å². The molecule has 2 aromatic carbocycles. The number of nitrogens with zero attached hydrogens (tertiary/aromatic N) is 2. The normalized spacial score (nSPS) is 14.9. The molecule has 3 aromatic rings. The second-order valence-corrected chi connectivity index (χ2v) is 8.52. The van der Waals surface area contributed by atoms with E-state index in [0.717, 1.165) is 54.2 Å². The molecule has 0 unspecified atom stereocenters. The molecule has 6 heteroatoms. The summed E-state index contributed by atoms with van der Waals surface area (Å²) in [7, 11) is 0. The molecule has 4 rings (SSSR count). The van der Waals surface area contributed by atoms with Gasteiger partial charge >= 0.3 is 6.03 Å². The largest absolute Gasteiger partial charge is 0.467 e. The van der Waals surface area contributed by atoms with Crippen molar-refractivity contribution in [2.45, 2.75) is 38.7 Å². The van der Waals surface area contributed by atoms with Crippen LogP contribution in [0, 0.1) is 6.92 Å². The lowest BCUT2D eigenvalue weighted by Gasteiger charge is -2.31. The molecule has 0 atom stereocenters. The molecule has 1 aliphatic rings. The van der Waals surface area contributed by atoms with Gasteiger partial charge in [0.1, 0.15) is 6.10 Å². The first-order chi connectivity index (χ1) is 14.2. The summed E-state index contributed by atoms with van der Waals surface area (Å²) in [6.07, 6.45) is 3.74. The molecule has 29 heavy (non-hydrogen) atoms. The second kappa shape index (κ2) is 9.27. The number of para-hydroxylation sites is 1. The average molecular weight is 410 g/mol. The monoisotopic (exact) mass is 409 g/mol. The molecule has 0 bridgehead atoms. The lowest BCUT2D eigenvalue weighted by atomic mass is 10.1. The molecule has 1 fully saturated rings. The second-order valence-electron chi connectivity index (χ2n) is 7.53. The SMILES string of the molecule is Cc1cccc2sc(OC3CCN(C(=O)NCCCc4ccccc4)CC3)nc12. The van der Waals surface area contributed by atoms with Crippen LogP contribution < -0.4 is 10.1 Å². The van der Waals surface area contributed by atoms with Crippen molar-refractivity contribution in [2.75, 3.05) is 19.6 Å². The molecule has 1 N–H and O–H groups in total. The number of aryl methyl sites for hydroxylation is 2. The maximum Gasteiger partial charge on any atom is 0.317 e. The summed E-state index contributed by atoms with van der Waals surface area (Å²) in [5, 5.41) is 3.78. The fourth-order valence-corrected chi connectivity index (χ4v) is 4.64. The van der Waals surface area contributed by atoms with Gasteiger partial charge in [0.05, 0.1) is 10.2 Å². The Hall–Kier alpha value is -2.60. The van der Waals surface area contributed by atoms with Gasteiger partial charge in [0, 0.05) is 32.5 Å². The summed E-state index contributed by atoms with van der Waals surface area (Å²) in [5.74, 6) is 0. The van der Waals surface area contributed by atoms with Crippen molar-refractivity contribution in [1.82, 2.24) is 15.2 Å². The molecule has 2 amide bonds. The van der Waals surface area contributed by atoms with E-state index in [0.29, 0.717) is 6.54 Å². The number of hydrogen-bond donors (Lipinski definition) is 1. The van der Waals surface area contributed by atoms with E-state index in [1.807, 2.05) is 11.0 Å². The number of likely N-dealkylation sites (tertiary alicyclic amines) is 1. The number of urea groups is 1. The third-order valence-electron chi connectivity index (χ3n) is 5.36. The van der Waals surface area contributed by atoms with E-state index in [9.17, 15) is 4.79 Å². The van der Waals surface area contributed by atoms with Gasteiger partial charge in [-0.3, -0.25) is 0 Å². The Kier molecular flexibility index (Phi) is 6.30. The molecular formula is C23H27N3O2S. The van der Waals surface area contributed by atoms with E-state index in [1.54, 1.807) is 11.3 Å². The Morgan fingerprint density at radius 2 is 1.97 bits per heavy atom. The zero-order valence-electron chi connectivity index (χ0n) is 16.8. The highest BCUT2D eigenvalue weighted by molar-refractivity contribution is 7.20. The van der Waals surface area contributed by atoms with Crippen molar-refractivity contribution in [3.05, 3.63) is 59.7 Å². The maximum absolute atomic E-state index is 12.4. The molecule has 5 nitrogen and oxygen atoms in total. The Morgan fingerprint density at radius 3 is 2.72 bits per heavy atom. The molecule has 152 valence electrons. The first kappa shape index (κ1) is 19.7. The molecule has 2 heterocycles. The lowest BCUT2D eigenvalue weighted by molar-refractivity contribution is 0.111. The van der Waals surface area contributed by atoms with Gasteiger partial charge < -0.3 is 15.0 Å². The number of carbonyl (C=O) groups is 1. The van der Waals surface area contributed by atoms with Crippen molar-refractivity contribution in [2.24, 2.45) is 0 Å². The van der Waals surface area contributed by atoms with Crippen LogP contribution in [0.5, 0.6) is 5.19 Å². The van der Waals surface area contributed by atoms with Crippen molar-refractivity contribution < 1.29 is 9.53 Å². The summed E-state index contributed by atoms with van der Waals surface area (Å²) < 4.78 is 7.28. The van der Waals surface area contributed by atoms with Crippen LogP contribution in [0.2, 0.25) is 0 Å². The fourth-order valence-electron chi connectivity index (χ4n) is 3.68. The third kappa shape index (κ3) is 5.07. The standard InChI is InChI=1S/C23H27N3O2S/c1-17-7-5-11-20-21(17)25-23(29-20)28-19-12-15-26(16-13-19)22(27)24-14-6-10-18-8-3-2-4-9-18/h2-5,7-9,11,19H,6,10,12-16H2,1H3,(H,24,27). The maximum atomic E-state index is 12.4. The van der Waals surface area contributed by atoms with E-state index >= 15 is 0 Å². The smallest absolute Gasteiger partial charge is 0.317 e. The van der Waals surface area contributed by atoms with Crippen molar-refractivity contribution in [1.29, 1.82) is 0 Å². The predicted molar refractivity (Wildman–Crippen MR) is 118 cm³/mol. The zero-order chi connectivity index (χ0) is 20.1. The molecular weight excluding hydrogens is 382 g/mol. The number of fused-ring (bicyclic) bond motifs is 1. The molecule has 0 saturated carbocycles. The zero-order valence-corrected chi connectivity index (χ0v) is 17.6. The van der Waals surface area contributed by atoms with Crippen molar-refractivity contribution in [3.8, 4) is 5.19 Å². The Balaban J connectivity index is 1.19. The van der Waals surface area contributed by atoms with E-state index in [-0.39, 0.29) is 12.1 Å². The highest BCUT2D eigenvalue weighted by Gasteiger charge is 2.24. The molecule has 1 aliphatic heterocycles. The molecule has 0 radical (unpaired) electrons. The van der Waals surface area contributed by atoms with E-state index in [1.165, 1.54) is 11.1 Å². The number of rotatable bonds is 6. The number of thiazole rings is 1. The van der Waals surface area contributed by atoms with Gasteiger partial charge in [-0.25, -0.2) is 9.78 Å². The van der Waals surface area contributed by atoms with Gasteiger partial charge in [0.25, 0.3) is 5.19 Å². The quantitative estimate of drug-likeness (QED) is 0.596. The average Bonchev–Trinajstić information content (AvgIpc) is 3.16. The highest BCUT2D eigenvalue weighted by Crippen LogP contribution is 2.31. The van der Waals surface area contributed by atoms with Gasteiger partial charge in [-0.2, -0.15) is 0 Å². The van der Waals surface area contributed by atoms with Crippen LogP contribution in [-0.2, 0) is 6.42 Å². The van der Waals surface area contributed by atoms with Crippen LogP contribution in [0.25, 0.3) is 10.2 Å². The number of amides is 2. The number of benzene rings is 2. The number of ether oxygens (including phenoxy) is 1. The van der Waals surface area contributed by atoms with Crippen LogP contribution in [0.3, 0.4) is 0 Å². The van der Waals surface area contributed by atoms with Gasteiger partial charge in [-0.1, -0.05) is 53.8 Å². The Bertz CT molecular complexity index is 949. The molecule has 1 saturated heterocycles.